The molecule has 3 aromatic rings. The second-order valence-electron chi connectivity index (χ2n) is 4.88. The monoisotopic (exact) mass is 361 g/mol. The van der Waals surface area contributed by atoms with Crippen LogP contribution in [0, 0.1) is 0 Å². The molecule has 2 aromatic heterocycles. The Labute approximate surface area is 146 Å². The highest BCUT2D eigenvalue weighted by Crippen LogP contribution is 2.29. The average molecular weight is 362 g/mol. The molecule has 24 heavy (non-hydrogen) atoms. The van der Waals surface area contributed by atoms with E-state index in [0.29, 0.717) is 27.2 Å². The molecular weight excluding hydrogens is 350 g/mol. The van der Waals surface area contributed by atoms with Crippen molar-refractivity contribution in [2.24, 2.45) is 5.73 Å². The van der Waals surface area contributed by atoms with E-state index in [4.69, 9.17) is 21.8 Å². The fraction of sp³-hybridized carbons (Fsp3) is 0.0625. The number of thiazole rings is 1. The summed E-state index contributed by atoms with van der Waals surface area (Å²) in [5.74, 6) is -0.280. The van der Waals surface area contributed by atoms with Crippen LogP contribution in [0.4, 0.5) is 5.13 Å². The van der Waals surface area contributed by atoms with Crippen LogP contribution in [-0.2, 0) is 11.2 Å². The number of anilines is 1. The van der Waals surface area contributed by atoms with Crippen molar-refractivity contribution < 1.29 is 14.0 Å². The molecule has 6 nitrogen and oxygen atoms in total. The Balaban J connectivity index is 1.73. The highest BCUT2D eigenvalue weighted by molar-refractivity contribution is 7.14. The number of nitrogens with one attached hydrogen (secondary N) is 1. The van der Waals surface area contributed by atoms with E-state index < -0.39 is 11.8 Å². The Bertz CT molecular complexity index is 903. The maximum Gasteiger partial charge on any atom is 0.293 e. The first-order valence-corrected chi connectivity index (χ1v) is 8.17. The van der Waals surface area contributed by atoms with Gasteiger partial charge in [-0.25, -0.2) is 4.98 Å². The van der Waals surface area contributed by atoms with Crippen LogP contribution in [0.2, 0.25) is 5.02 Å². The van der Waals surface area contributed by atoms with Gasteiger partial charge in [-0.1, -0.05) is 23.7 Å². The molecule has 2 heterocycles. The molecule has 0 bridgehead atoms. The van der Waals surface area contributed by atoms with Gasteiger partial charge in [-0.15, -0.1) is 11.3 Å². The van der Waals surface area contributed by atoms with Crippen LogP contribution >= 0.6 is 22.9 Å². The van der Waals surface area contributed by atoms with E-state index in [1.54, 1.807) is 29.6 Å². The summed E-state index contributed by atoms with van der Waals surface area (Å²) in [5, 5.41) is 5.19. The molecule has 0 unspecified atom stereocenters. The van der Waals surface area contributed by atoms with Crippen molar-refractivity contribution >= 4 is 39.9 Å². The minimum Gasteiger partial charge on any atom is -0.451 e. The van der Waals surface area contributed by atoms with Crippen LogP contribution in [0.25, 0.3) is 11.3 Å². The van der Waals surface area contributed by atoms with Gasteiger partial charge < -0.3 is 10.2 Å². The van der Waals surface area contributed by atoms with Crippen LogP contribution in [0.15, 0.2) is 46.2 Å². The zero-order valence-electron chi connectivity index (χ0n) is 12.3. The van der Waals surface area contributed by atoms with Crippen LogP contribution < -0.4 is 11.1 Å². The van der Waals surface area contributed by atoms with Crippen LogP contribution in [0.5, 0.6) is 0 Å². The lowest BCUT2D eigenvalue weighted by atomic mass is 10.2. The quantitative estimate of drug-likeness (QED) is 0.728. The van der Waals surface area contributed by atoms with Crippen molar-refractivity contribution in [3.05, 3.63) is 58.3 Å². The maximum atomic E-state index is 12.2. The molecule has 1 aromatic carbocycles. The number of amides is 2. The molecule has 0 saturated carbocycles. The molecule has 122 valence electrons. The number of rotatable bonds is 5. The van der Waals surface area contributed by atoms with Crippen molar-refractivity contribution in [1.82, 2.24) is 4.98 Å². The highest BCUT2D eigenvalue weighted by Gasteiger charge is 2.15. The summed E-state index contributed by atoms with van der Waals surface area (Å²) >= 11 is 7.32. The fourth-order valence-corrected chi connectivity index (χ4v) is 2.98. The van der Waals surface area contributed by atoms with Crippen molar-refractivity contribution in [3.63, 3.8) is 0 Å². The summed E-state index contributed by atoms with van der Waals surface area (Å²) in [4.78, 5) is 27.2. The van der Waals surface area contributed by atoms with Gasteiger partial charge in [-0.2, -0.15) is 0 Å². The molecule has 0 radical (unpaired) electrons. The number of benzene rings is 1. The van der Waals surface area contributed by atoms with E-state index in [0.717, 1.165) is 0 Å². The van der Waals surface area contributed by atoms with Crippen LogP contribution in [0.1, 0.15) is 16.2 Å². The van der Waals surface area contributed by atoms with Gasteiger partial charge in [0.2, 0.25) is 5.91 Å². The van der Waals surface area contributed by atoms with Crippen molar-refractivity contribution in [1.29, 1.82) is 0 Å². The Morgan fingerprint density at radius 3 is 2.79 bits per heavy atom. The Morgan fingerprint density at radius 2 is 2.04 bits per heavy atom. The Kier molecular flexibility index (Phi) is 4.64. The number of carbonyl (C=O) groups excluding carboxylic acids is 2. The van der Waals surface area contributed by atoms with Crippen molar-refractivity contribution in [2.75, 3.05) is 5.32 Å². The minimum absolute atomic E-state index is 0.0315. The third-order valence-corrected chi connectivity index (χ3v) is 4.23. The summed E-state index contributed by atoms with van der Waals surface area (Å²) in [6.07, 6.45) is 0.0315. The van der Waals surface area contributed by atoms with Crippen LogP contribution in [-0.4, -0.2) is 16.8 Å². The number of carbonyl (C=O) groups is 2. The summed E-state index contributed by atoms with van der Waals surface area (Å²) in [7, 11) is 0. The number of hydrogen-bond acceptors (Lipinski definition) is 5. The molecule has 3 rings (SSSR count). The predicted octanol–water partition coefficient (Wildman–Crippen LogP) is 3.34. The molecule has 8 heteroatoms. The molecule has 0 atom stereocenters. The fourth-order valence-electron chi connectivity index (χ4n) is 2.05. The zero-order chi connectivity index (χ0) is 17.1. The number of furan rings is 1. The number of halogens is 1. The summed E-state index contributed by atoms with van der Waals surface area (Å²) in [6, 6.07) is 10.4. The van der Waals surface area contributed by atoms with Crippen molar-refractivity contribution in [2.45, 2.75) is 6.42 Å². The first kappa shape index (κ1) is 16.2. The Hall–Kier alpha value is -2.64. The summed E-state index contributed by atoms with van der Waals surface area (Å²) < 4.78 is 5.56. The molecule has 0 aliphatic carbocycles. The average Bonchev–Trinajstić information content (AvgIpc) is 3.17. The lowest BCUT2D eigenvalue weighted by molar-refractivity contribution is -0.117. The third kappa shape index (κ3) is 3.64. The first-order chi connectivity index (χ1) is 11.5. The lowest BCUT2D eigenvalue weighted by Crippen LogP contribution is -2.14. The van der Waals surface area contributed by atoms with Gasteiger partial charge in [-0.05, 0) is 24.3 Å². The van der Waals surface area contributed by atoms with Gasteiger partial charge >= 0.3 is 0 Å². The Morgan fingerprint density at radius 1 is 1.25 bits per heavy atom. The van der Waals surface area contributed by atoms with E-state index in [1.165, 1.54) is 11.3 Å². The number of aromatic nitrogens is 1. The van der Waals surface area contributed by atoms with E-state index in [1.807, 2.05) is 12.1 Å². The van der Waals surface area contributed by atoms with E-state index in [-0.39, 0.29) is 12.2 Å². The molecule has 0 saturated heterocycles. The van der Waals surface area contributed by atoms with Gasteiger partial charge in [-0.3, -0.25) is 14.9 Å². The van der Waals surface area contributed by atoms with E-state index in [9.17, 15) is 9.59 Å². The highest BCUT2D eigenvalue weighted by atomic mass is 35.5. The third-order valence-electron chi connectivity index (χ3n) is 3.10. The second kappa shape index (κ2) is 6.86. The summed E-state index contributed by atoms with van der Waals surface area (Å²) in [6.45, 7) is 0. The van der Waals surface area contributed by atoms with E-state index in [2.05, 4.69) is 10.3 Å². The van der Waals surface area contributed by atoms with Gasteiger partial charge in [0.15, 0.2) is 10.9 Å². The number of hydrogen-bond donors (Lipinski definition) is 2. The second-order valence-corrected chi connectivity index (χ2v) is 6.15. The predicted molar refractivity (Wildman–Crippen MR) is 92.1 cm³/mol. The molecule has 0 spiro atoms. The van der Waals surface area contributed by atoms with Gasteiger partial charge in [0.25, 0.3) is 5.91 Å². The number of nitrogens with zero attached hydrogens (tertiary/aromatic N) is 1. The standard InChI is InChI=1S/C16H12ClN3O3S/c17-11-4-2-1-3-10(11)12-5-6-13(23-12)15(22)20-16-19-9(8-24-16)7-14(18)21/h1-6,8H,7H2,(H2,18,21)(H,19,20,22). The summed E-state index contributed by atoms with van der Waals surface area (Å²) in [5.41, 5.74) is 6.33. The zero-order valence-corrected chi connectivity index (χ0v) is 13.9. The van der Waals surface area contributed by atoms with Gasteiger partial charge in [0, 0.05) is 10.9 Å². The van der Waals surface area contributed by atoms with Gasteiger partial charge in [0.05, 0.1) is 17.1 Å². The first-order valence-electron chi connectivity index (χ1n) is 6.92. The molecule has 3 N–H and O–H groups in total. The topological polar surface area (TPSA) is 98.2 Å². The largest absolute Gasteiger partial charge is 0.451 e. The molecule has 0 aliphatic heterocycles. The van der Waals surface area contributed by atoms with Crippen molar-refractivity contribution in [3.8, 4) is 11.3 Å². The SMILES string of the molecule is NC(=O)Cc1csc(NC(=O)c2ccc(-c3ccccc3Cl)o2)n1. The number of nitrogens with two attached hydrogens (primary N) is 1. The van der Waals surface area contributed by atoms with Gasteiger partial charge in [0.1, 0.15) is 5.76 Å². The molecule has 0 aliphatic rings. The number of primary amides is 1. The molecular formula is C16H12ClN3O3S. The normalized spacial score (nSPS) is 10.5. The maximum absolute atomic E-state index is 12.2. The molecule has 0 fully saturated rings. The van der Waals surface area contributed by atoms with E-state index >= 15 is 0 Å². The smallest absolute Gasteiger partial charge is 0.293 e. The molecule has 2 amide bonds. The lowest BCUT2D eigenvalue weighted by Gasteiger charge is -2.00. The minimum atomic E-state index is -0.478. The van der Waals surface area contributed by atoms with Crippen LogP contribution in [0.3, 0.4) is 0 Å².